The third-order valence-corrected chi connectivity index (χ3v) is 3.45. The number of carboxylic acid groups (broad SMARTS) is 1. The van der Waals surface area contributed by atoms with E-state index in [-0.39, 0.29) is 18.4 Å². The van der Waals surface area contributed by atoms with Gasteiger partial charge in [0.2, 0.25) is 11.8 Å². The van der Waals surface area contributed by atoms with Crippen LogP contribution in [-0.4, -0.2) is 71.5 Å². The van der Waals surface area contributed by atoms with Crippen molar-refractivity contribution in [1.82, 2.24) is 15.1 Å². The van der Waals surface area contributed by atoms with Gasteiger partial charge in [-0.15, -0.1) is 0 Å². The highest BCUT2D eigenvalue weighted by Gasteiger charge is 2.23. The molecule has 2 amide bonds. The number of hydrogen-bond donors (Lipinski definition) is 2. The van der Waals surface area contributed by atoms with Crippen LogP contribution in [0.5, 0.6) is 0 Å². The Labute approximate surface area is 118 Å². The third kappa shape index (κ3) is 4.80. The summed E-state index contributed by atoms with van der Waals surface area (Å²) < 4.78 is 0. The topological polar surface area (TPSA) is 90.0 Å². The summed E-state index contributed by atoms with van der Waals surface area (Å²) in [6, 6.07) is -0.678. The van der Waals surface area contributed by atoms with Crippen LogP contribution in [0.2, 0.25) is 0 Å². The Morgan fingerprint density at radius 3 is 2.15 bits per heavy atom. The van der Waals surface area contributed by atoms with Crippen molar-refractivity contribution >= 4 is 17.8 Å². The van der Waals surface area contributed by atoms with E-state index in [1.54, 1.807) is 9.80 Å². The fourth-order valence-electron chi connectivity index (χ4n) is 2.19. The molecular formula is C13H23N3O4. The predicted octanol–water partition coefficient (Wildman–Crippen LogP) is -0.480. The molecule has 1 atom stereocenters. The van der Waals surface area contributed by atoms with Crippen LogP contribution < -0.4 is 5.32 Å². The van der Waals surface area contributed by atoms with Crippen LogP contribution in [0, 0.1) is 0 Å². The molecule has 0 spiro atoms. The number of hydrogen-bond acceptors (Lipinski definition) is 4. The summed E-state index contributed by atoms with van der Waals surface area (Å²) in [5.41, 5.74) is 0. The Balaban J connectivity index is 2.36. The van der Waals surface area contributed by atoms with Gasteiger partial charge in [0.15, 0.2) is 0 Å². The van der Waals surface area contributed by atoms with Crippen LogP contribution in [0.1, 0.15) is 26.7 Å². The first-order valence-corrected chi connectivity index (χ1v) is 6.95. The second-order valence-electron chi connectivity index (χ2n) is 4.95. The van der Waals surface area contributed by atoms with Crippen molar-refractivity contribution in [2.45, 2.75) is 32.7 Å². The molecule has 1 fully saturated rings. The number of carbonyl (C=O) groups is 3. The summed E-state index contributed by atoms with van der Waals surface area (Å²) in [4.78, 5) is 37.5. The number of piperazine rings is 1. The molecule has 1 heterocycles. The maximum Gasteiger partial charge on any atom is 0.320 e. The summed E-state index contributed by atoms with van der Waals surface area (Å²) in [6.07, 6.45) is 1.25. The van der Waals surface area contributed by atoms with E-state index in [4.69, 9.17) is 5.11 Å². The molecule has 0 bridgehead atoms. The van der Waals surface area contributed by atoms with E-state index in [1.165, 1.54) is 6.92 Å². The summed E-state index contributed by atoms with van der Waals surface area (Å²) in [5, 5.41) is 11.8. The molecule has 7 nitrogen and oxygen atoms in total. The maximum atomic E-state index is 12.0. The first-order chi connectivity index (χ1) is 9.45. The van der Waals surface area contributed by atoms with Gasteiger partial charge in [-0.3, -0.25) is 19.7 Å². The minimum absolute atomic E-state index is 0.0177. The second kappa shape index (κ2) is 7.84. The highest BCUT2D eigenvalue weighted by Crippen LogP contribution is 2.03. The molecule has 1 saturated heterocycles. The van der Waals surface area contributed by atoms with E-state index in [2.05, 4.69) is 5.32 Å². The van der Waals surface area contributed by atoms with E-state index < -0.39 is 12.0 Å². The van der Waals surface area contributed by atoms with Crippen LogP contribution in [0.15, 0.2) is 0 Å². The lowest BCUT2D eigenvalue weighted by Gasteiger charge is -2.34. The Bertz CT molecular complexity index is 365. The summed E-state index contributed by atoms with van der Waals surface area (Å²) in [6.45, 7) is 5.53. The number of nitrogens with one attached hydrogen (secondary N) is 1. The molecule has 0 saturated carbocycles. The predicted molar refractivity (Wildman–Crippen MR) is 73.2 cm³/mol. The van der Waals surface area contributed by atoms with Gasteiger partial charge in [0, 0.05) is 33.1 Å². The first-order valence-electron chi connectivity index (χ1n) is 6.95. The molecular weight excluding hydrogens is 262 g/mol. The second-order valence-corrected chi connectivity index (χ2v) is 4.95. The molecule has 1 aliphatic rings. The van der Waals surface area contributed by atoms with Gasteiger partial charge in [-0.25, -0.2) is 0 Å². The summed E-state index contributed by atoms with van der Waals surface area (Å²) >= 11 is 0. The Morgan fingerprint density at radius 1 is 1.15 bits per heavy atom. The number of rotatable bonds is 6. The van der Waals surface area contributed by atoms with Crippen LogP contribution in [0.25, 0.3) is 0 Å². The van der Waals surface area contributed by atoms with Crippen molar-refractivity contribution in [3.05, 3.63) is 0 Å². The SMILES string of the molecule is CCCC(NCC(=O)N1CCN(C(C)=O)CC1)C(=O)O. The third-order valence-electron chi connectivity index (χ3n) is 3.45. The van der Waals surface area contributed by atoms with E-state index in [0.717, 1.165) is 6.42 Å². The number of amides is 2. The molecule has 1 rings (SSSR count). The quantitative estimate of drug-likeness (QED) is 0.688. The molecule has 1 aliphatic heterocycles. The molecule has 2 N–H and O–H groups in total. The van der Waals surface area contributed by atoms with Crippen LogP contribution in [0.3, 0.4) is 0 Å². The lowest BCUT2D eigenvalue weighted by atomic mass is 10.1. The molecule has 0 radical (unpaired) electrons. The zero-order chi connectivity index (χ0) is 15.1. The smallest absolute Gasteiger partial charge is 0.320 e. The monoisotopic (exact) mass is 285 g/mol. The number of aliphatic carboxylic acids is 1. The van der Waals surface area contributed by atoms with Crippen LogP contribution in [-0.2, 0) is 14.4 Å². The number of nitrogens with zero attached hydrogens (tertiary/aromatic N) is 2. The molecule has 0 aromatic carbocycles. The van der Waals surface area contributed by atoms with Gasteiger partial charge >= 0.3 is 5.97 Å². The van der Waals surface area contributed by atoms with Gasteiger partial charge in [-0.2, -0.15) is 0 Å². The Hall–Kier alpha value is -1.63. The number of carbonyl (C=O) groups excluding carboxylic acids is 2. The van der Waals surface area contributed by atoms with Gasteiger partial charge in [-0.05, 0) is 6.42 Å². The standard InChI is InChI=1S/C13H23N3O4/c1-3-4-11(13(19)20)14-9-12(18)16-7-5-15(6-8-16)10(2)17/h11,14H,3-9H2,1-2H3,(H,19,20). The average molecular weight is 285 g/mol. The van der Waals surface area contributed by atoms with E-state index in [1.807, 2.05) is 6.92 Å². The van der Waals surface area contributed by atoms with Crippen molar-refractivity contribution in [2.75, 3.05) is 32.7 Å². The van der Waals surface area contributed by atoms with Crippen molar-refractivity contribution in [3.8, 4) is 0 Å². The fraction of sp³-hybridized carbons (Fsp3) is 0.769. The van der Waals surface area contributed by atoms with Gasteiger partial charge in [0.1, 0.15) is 6.04 Å². The highest BCUT2D eigenvalue weighted by atomic mass is 16.4. The Morgan fingerprint density at radius 2 is 1.70 bits per heavy atom. The zero-order valence-corrected chi connectivity index (χ0v) is 12.1. The summed E-state index contributed by atoms with van der Waals surface area (Å²) in [5.74, 6) is -1.03. The van der Waals surface area contributed by atoms with Gasteiger partial charge in [0.05, 0.1) is 6.54 Å². The van der Waals surface area contributed by atoms with Crippen LogP contribution in [0.4, 0.5) is 0 Å². The van der Waals surface area contributed by atoms with Crippen molar-refractivity contribution in [2.24, 2.45) is 0 Å². The first kappa shape index (κ1) is 16.4. The average Bonchev–Trinajstić information content (AvgIpc) is 2.42. The fourth-order valence-corrected chi connectivity index (χ4v) is 2.19. The van der Waals surface area contributed by atoms with Gasteiger partial charge in [-0.1, -0.05) is 13.3 Å². The highest BCUT2D eigenvalue weighted by molar-refractivity contribution is 5.80. The van der Waals surface area contributed by atoms with Gasteiger partial charge in [0.25, 0.3) is 0 Å². The van der Waals surface area contributed by atoms with Gasteiger partial charge < -0.3 is 14.9 Å². The van der Waals surface area contributed by atoms with Crippen LogP contribution >= 0.6 is 0 Å². The normalized spacial score (nSPS) is 16.9. The van der Waals surface area contributed by atoms with Crippen molar-refractivity contribution < 1.29 is 19.5 Å². The van der Waals surface area contributed by atoms with Crippen molar-refractivity contribution in [1.29, 1.82) is 0 Å². The minimum atomic E-state index is -0.930. The molecule has 0 aromatic heterocycles. The molecule has 0 aliphatic carbocycles. The molecule has 0 aromatic rings. The van der Waals surface area contributed by atoms with Crippen molar-refractivity contribution in [3.63, 3.8) is 0 Å². The molecule has 1 unspecified atom stereocenters. The Kier molecular flexibility index (Phi) is 6.44. The minimum Gasteiger partial charge on any atom is -0.480 e. The van der Waals surface area contributed by atoms with E-state index in [9.17, 15) is 14.4 Å². The maximum absolute atomic E-state index is 12.0. The van der Waals surface area contributed by atoms with E-state index >= 15 is 0 Å². The lowest BCUT2D eigenvalue weighted by molar-refractivity contribution is -0.141. The lowest BCUT2D eigenvalue weighted by Crippen LogP contribution is -2.53. The molecule has 20 heavy (non-hydrogen) atoms. The largest absolute Gasteiger partial charge is 0.480 e. The number of carboxylic acids is 1. The summed E-state index contributed by atoms with van der Waals surface area (Å²) in [7, 11) is 0. The molecule has 7 heteroatoms. The zero-order valence-electron chi connectivity index (χ0n) is 12.1. The molecule has 114 valence electrons. The van der Waals surface area contributed by atoms with E-state index in [0.29, 0.717) is 32.6 Å².